The van der Waals surface area contributed by atoms with E-state index in [-0.39, 0.29) is 18.2 Å². The Balaban J connectivity index is 1.79. The Morgan fingerprint density at radius 3 is 2.58 bits per heavy atom. The first-order chi connectivity index (χ1) is 14.9. The van der Waals surface area contributed by atoms with Gasteiger partial charge in [-0.1, -0.05) is 49.4 Å². The highest BCUT2D eigenvalue weighted by molar-refractivity contribution is 5.99. The molecule has 31 heavy (non-hydrogen) atoms. The van der Waals surface area contributed by atoms with Gasteiger partial charge in [0, 0.05) is 22.4 Å². The van der Waals surface area contributed by atoms with E-state index in [1.807, 2.05) is 43.3 Å². The number of carboxylic acids is 1. The van der Waals surface area contributed by atoms with E-state index >= 15 is 0 Å². The van der Waals surface area contributed by atoms with Crippen molar-refractivity contribution in [1.82, 2.24) is 4.98 Å². The van der Waals surface area contributed by atoms with Crippen LogP contribution in [0.4, 0.5) is 4.39 Å². The maximum Gasteiger partial charge on any atom is 0.305 e. The Morgan fingerprint density at radius 2 is 1.90 bits per heavy atom. The topological polar surface area (TPSA) is 70.4 Å². The van der Waals surface area contributed by atoms with Crippen LogP contribution >= 0.6 is 0 Å². The quantitative estimate of drug-likeness (QED) is 0.485. The fraction of sp³-hybridized carbons (Fsp3) is 0.308. The van der Waals surface area contributed by atoms with Crippen molar-refractivity contribution >= 4 is 22.9 Å². The Morgan fingerprint density at radius 1 is 1.19 bits per heavy atom. The molecule has 0 spiro atoms. The van der Waals surface area contributed by atoms with Crippen molar-refractivity contribution < 1.29 is 19.4 Å². The minimum absolute atomic E-state index is 0.00561. The Labute approximate surface area is 181 Å². The minimum Gasteiger partial charge on any atom is -0.481 e. The molecule has 0 amide bonds. The highest BCUT2D eigenvalue weighted by atomic mass is 19.1. The molecule has 4 nitrogen and oxygen atoms in total. The van der Waals surface area contributed by atoms with Crippen LogP contribution in [0.1, 0.15) is 49.8 Å². The van der Waals surface area contributed by atoms with Crippen molar-refractivity contribution in [3.8, 4) is 11.1 Å². The molecule has 0 radical (unpaired) electrons. The summed E-state index contributed by atoms with van der Waals surface area (Å²) in [6, 6.07) is 14.5. The number of pyridine rings is 1. The van der Waals surface area contributed by atoms with Crippen LogP contribution in [0.25, 0.3) is 28.1 Å². The molecule has 2 N–H and O–H groups in total. The maximum absolute atomic E-state index is 13.6. The molecule has 0 unspecified atom stereocenters. The van der Waals surface area contributed by atoms with Crippen LogP contribution in [0.15, 0.2) is 54.6 Å². The summed E-state index contributed by atoms with van der Waals surface area (Å²) in [6.45, 7) is 1.96. The molecular weight excluding hydrogens is 393 g/mol. The summed E-state index contributed by atoms with van der Waals surface area (Å²) in [6.07, 6.45) is 5.48. The number of allylic oxidation sites excluding steroid dienone is 1. The first-order valence-corrected chi connectivity index (χ1v) is 10.7. The summed E-state index contributed by atoms with van der Waals surface area (Å²) in [7, 11) is 0. The number of benzene rings is 2. The first kappa shape index (κ1) is 21.2. The predicted molar refractivity (Wildman–Crippen MR) is 120 cm³/mol. The Hall–Kier alpha value is -3.05. The molecule has 160 valence electrons. The summed E-state index contributed by atoms with van der Waals surface area (Å²) < 4.78 is 13.6. The van der Waals surface area contributed by atoms with Crippen molar-refractivity contribution in [2.75, 3.05) is 0 Å². The van der Waals surface area contributed by atoms with Crippen LogP contribution in [-0.2, 0) is 4.79 Å². The van der Waals surface area contributed by atoms with E-state index in [9.17, 15) is 14.3 Å². The number of carbonyl (C=O) groups is 1. The van der Waals surface area contributed by atoms with E-state index in [1.165, 1.54) is 12.1 Å². The van der Waals surface area contributed by atoms with Gasteiger partial charge in [-0.2, -0.15) is 0 Å². The average Bonchev–Trinajstić information content (AvgIpc) is 3.56. The fourth-order valence-electron chi connectivity index (χ4n) is 4.06. The van der Waals surface area contributed by atoms with Gasteiger partial charge in [0.2, 0.25) is 0 Å². The van der Waals surface area contributed by atoms with E-state index in [1.54, 1.807) is 12.1 Å². The first-order valence-electron chi connectivity index (χ1n) is 10.7. The number of para-hydroxylation sites is 1. The molecule has 1 aliphatic rings. The van der Waals surface area contributed by atoms with Crippen molar-refractivity contribution in [3.63, 3.8) is 0 Å². The lowest BCUT2D eigenvalue weighted by molar-refractivity contribution is -0.139. The maximum atomic E-state index is 13.6. The lowest BCUT2D eigenvalue weighted by atomic mass is 9.91. The highest BCUT2D eigenvalue weighted by Gasteiger charge is 2.29. The summed E-state index contributed by atoms with van der Waals surface area (Å²) in [5.41, 5.74) is 4.95. The van der Waals surface area contributed by atoms with E-state index in [0.29, 0.717) is 12.3 Å². The van der Waals surface area contributed by atoms with E-state index in [2.05, 4.69) is 0 Å². The smallest absolute Gasteiger partial charge is 0.305 e. The third kappa shape index (κ3) is 5.00. The number of carboxylic acid groups (broad SMARTS) is 1. The molecule has 1 aliphatic carbocycles. The fourth-order valence-corrected chi connectivity index (χ4v) is 4.06. The zero-order valence-electron chi connectivity index (χ0n) is 17.5. The molecule has 0 bridgehead atoms. The molecule has 2 atom stereocenters. The van der Waals surface area contributed by atoms with E-state index in [0.717, 1.165) is 46.1 Å². The number of aliphatic carboxylic acids is 1. The van der Waals surface area contributed by atoms with Gasteiger partial charge in [0.05, 0.1) is 23.7 Å². The van der Waals surface area contributed by atoms with Crippen LogP contribution in [0.5, 0.6) is 0 Å². The number of aliphatic hydroxyl groups is 1. The van der Waals surface area contributed by atoms with Crippen LogP contribution < -0.4 is 0 Å². The Bertz CT molecular complexity index is 1120. The average molecular weight is 419 g/mol. The van der Waals surface area contributed by atoms with Crippen LogP contribution in [0.2, 0.25) is 0 Å². The van der Waals surface area contributed by atoms with Crippen LogP contribution in [0, 0.1) is 11.7 Å². The molecule has 4 rings (SSSR count). The summed E-state index contributed by atoms with van der Waals surface area (Å²) in [4.78, 5) is 15.8. The SMILES string of the molecule is C[C@H](/C=C/c1c(C2CC2)nc2ccccc2c1-c1ccc(F)cc1)C[C@@H](O)CC(=O)O. The van der Waals surface area contributed by atoms with Crippen molar-refractivity contribution in [2.24, 2.45) is 5.92 Å². The van der Waals surface area contributed by atoms with Gasteiger partial charge in [-0.3, -0.25) is 9.78 Å². The summed E-state index contributed by atoms with van der Waals surface area (Å²) in [5.74, 6) is -0.870. The van der Waals surface area contributed by atoms with Crippen molar-refractivity contribution in [1.29, 1.82) is 0 Å². The number of nitrogens with zero attached hydrogens (tertiary/aromatic N) is 1. The van der Waals surface area contributed by atoms with Crippen LogP contribution in [-0.4, -0.2) is 27.3 Å². The summed E-state index contributed by atoms with van der Waals surface area (Å²) >= 11 is 0. The van der Waals surface area contributed by atoms with E-state index in [4.69, 9.17) is 10.1 Å². The van der Waals surface area contributed by atoms with Gasteiger partial charge in [-0.15, -0.1) is 0 Å². The molecule has 0 saturated heterocycles. The normalized spacial score (nSPS) is 16.0. The molecule has 2 aromatic carbocycles. The molecule has 1 heterocycles. The second kappa shape index (κ2) is 8.98. The second-order valence-electron chi connectivity index (χ2n) is 8.41. The van der Waals surface area contributed by atoms with Gasteiger partial charge in [0.15, 0.2) is 0 Å². The summed E-state index contributed by atoms with van der Waals surface area (Å²) in [5, 5.41) is 19.9. The van der Waals surface area contributed by atoms with Crippen molar-refractivity contribution in [2.45, 2.75) is 44.6 Å². The number of aliphatic hydroxyl groups excluding tert-OH is 1. The number of aromatic nitrogens is 1. The van der Waals surface area contributed by atoms with E-state index < -0.39 is 12.1 Å². The predicted octanol–water partition coefficient (Wildman–Crippen LogP) is 5.79. The zero-order valence-corrected chi connectivity index (χ0v) is 17.5. The standard InChI is InChI=1S/C26H26FNO3/c1-16(14-20(29)15-24(30)31)6-13-22-25(17-9-11-19(27)12-10-17)21-4-2-3-5-23(21)28-26(22)18-7-8-18/h2-6,9-13,16,18,20,29H,7-8,14-15H2,1H3,(H,30,31)/b13-6+/t16-,20-/m1/s1. The number of hydrogen-bond acceptors (Lipinski definition) is 3. The van der Waals surface area contributed by atoms with Gasteiger partial charge < -0.3 is 10.2 Å². The largest absolute Gasteiger partial charge is 0.481 e. The number of rotatable bonds is 8. The Kier molecular flexibility index (Phi) is 6.14. The molecule has 1 fully saturated rings. The highest BCUT2D eigenvalue weighted by Crippen LogP contribution is 2.45. The molecular formula is C26H26FNO3. The number of hydrogen-bond donors (Lipinski definition) is 2. The monoisotopic (exact) mass is 419 g/mol. The van der Waals surface area contributed by atoms with Gasteiger partial charge >= 0.3 is 5.97 Å². The third-order valence-electron chi connectivity index (χ3n) is 5.70. The molecule has 3 aromatic rings. The third-order valence-corrected chi connectivity index (χ3v) is 5.70. The molecule has 5 heteroatoms. The van der Waals surface area contributed by atoms with Gasteiger partial charge in [-0.25, -0.2) is 4.39 Å². The second-order valence-corrected chi connectivity index (χ2v) is 8.41. The molecule has 1 aromatic heterocycles. The molecule has 0 aliphatic heterocycles. The lowest BCUT2D eigenvalue weighted by Gasteiger charge is -2.16. The number of halogens is 1. The zero-order chi connectivity index (χ0) is 22.0. The lowest BCUT2D eigenvalue weighted by Crippen LogP contribution is -2.15. The van der Waals surface area contributed by atoms with Crippen molar-refractivity contribution in [3.05, 3.63) is 71.7 Å². The van der Waals surface area contributed by atoms with Gasteiger partial charge in [-0.05, 0) is 48.9 Å². The van der Waals surface area contributed by atoms with Gasteiger partial charge in [0.25, 0.3) is 0 Å². The minimum atomic E-state index is -1.00. The van der Waals surface area contributed by atoms with Crippen LogP contribution in [0.3, 0.4) is 0 Å². The molecule has 1 saturated carbocycles. The van der Waals surface area contributed by atoms with Gasteiger partial charge in [0.1, 0.15) is 5.82 Å². The number of fused-ring (bicyclic) bond motifs is 1.